The van der Waals surface area contributed by atoms with E-state index in [2.05, 4.69) is 22.1 Å². The molecule has 0 unspecified atom stereocenters. The average molecular weight is 456 g/mol. The van der Waals surface area contributed by atoms with Crippen molar-refractivity contribution in [1.29, 1.82) is 10.5 Å². The van der Waals surface area contributed by atoms with Gasteiger partial charge in [0.25, 0.3) is 0 Å². The summed E-state index contributed by atoms with van der Waals surface area (Å²) < 4.78 is 0. The molecule has 1 fully saturated rings. The number of hydrogen-bond acceptors (Lipinski definition) is 7. The Hall–Kier alpha value is -3.39. The van der Waals surface area contributed by atoms with Crippen molar-refractivity contribution in [3.63, 3.8) is 0 Å². The summed E-state index contributed by atoms with van der Waals surface area (Å²) in [4.78, 5) is 8.49. The highest BCUT2D eigenvalue weighted by Gasteiger charge is 2.24. The second-order valence-corrected chi connectivity index (χ2v) is 9.28. The lowest BCUT2D eigenvalue weighted by molar-refractivity contribution is 0.0700. The van der Waals surface area contributed by atoms with E-state index < -0.39 is 0 Å². The summed E-state index contributed by atoms with van der Waals surface area (Å²) in [6.45, 7) is 0. The molecular weight excluding hydrogens is 430 g/mol. The molecule has 1 aliphatic carbocycles. The van der Waals surface area contributed by atoms with Crippen LogP contribution in [0.2, 0.25) is 0 Å². The molecular formula is C26H25N5OS. The lowest BCUT2D eigenvalue weighted by Gasteiger charge is -2.27. The van der Waals surface area contributed by atoms with Gasteiger partial charge in [0.2, 0.25) is 0 Å². The fourth-order valence-electron chi connectivity index (χ4n) is 4.36. The Balaban J connectivity index is 1.65. The van der Waals surface area contributed by atoms with Gasteiger partial charge in [0, 0.05) is 23.7 Å². The third-order valence-corrected chi connectivity index (χ3v) is 7.17. The van der Waals surface area contributed by atoms with Crippen LogP contribution in [0.3, 0.4) is 0 Å². The average Bonchev–Trinajstić information content (AvgIpc) is 2.85. The predicted molar refractivity (Wildman–Crippen MR) is 129 cm³/mol. The summed E-state index contributed by atoms with van der Waals surface area (Å²) in [6.07, 6.45) is 8.23. The maximum absolute atomic E-state index is 10.3. The maximum atomic E-state index is 10.3. The molecule has 1 aliphatic rings. The fourth-order valence-corrected chi connectivity index (χ4v) is 5.29. The molecule has 6 nitrogen and oxygen atoms in total. The van der Waals surface area contributed by atoms with Gasteiger partial charge in [-0.1, -0.05) is 43.2 Å². The largest absolute Gasteiger partial charge is 0.393 e. The minimum absolute atomic E-state index is 0.120. The van der Waals surface area contributed by atoms with Gasteiger partial charge in [-0.05, 0) is 47.9 Å². The molecule has 2 aromatic heterocycles. The van der Waals surface area contributed by atoms with E-state index in [9.17, 15) is 15.6 Å². The van der Waals surface area contributed by atoms with Crippen LogP contribution in [0.1, 0.15) is 47.9 Å². The Morgan fingerprint density at radius 3 is 2.45 bits per heavy atom. The molecule has 0 radical (unpaired) electrons. The van der Waals surface area contributed by atoms with Crippen LogP contribution in [-0.2, 0) is 12.2 Å². The summed E-state index contributed by atoms with van der Waals surface area (Å²) in [7, 11) is 0. The highest BCUT2D eigenvalue weighted by Crippen LogP contribution is 2.37. The number of benzene rings is 1. The minimum Gasteiger partial charge on any atom is -0.393 e. The van der Waals surface area contributed by atoms with E-state index >= 15 is 0 Å². The quantitative estimate of drug-likeness (QED) is 0.510. The first-order valence-corrected chi connectivity index (χ1v) is 12.0. The van der Waals surface area contributed by atoms with Crippen LogP contribution in [0.4, 0.5) is 5.82 Å². The molecule has 1 saturated carbocycles. The summed E-state index contributed by atoms with van der Waals surface area (Å²) in [5.74, 6) is 0.985. The lowest BCUT2D eigenvalue weighted by Crippen LogP contribution is -2.26. The number of nitrogen functional groups attached to an aromatic ring is 1. The topological polar surface area (TPSA) is 120 Å². The standard InChI is InChI=1S/C26H25N5OS/c27-13-21-24(19-9-7-17(8-10-19)12-20-5-1-2-6-23(20)32)22(14-28)26(31-25(21)29)33-16-18-4-3-11-30-15-18/h3-4,7-11,15,20,23,32H,1-2,5-6,12,16H2,(H2,29,31)/t20-,23+/m1/s1. The van der Waals surface area contributed by atoms with E-state index in [0.717, 1.165) is 48.8 Å². The molecule has 0 bridgehead atoms. The van der Waals surface area contributed by atoms with E-state index in [1.165, 1.54) is 11.8 Å². The number of aromatic nitrogens is 2. The lowest BCUT2D eigenvalue weighted by atomic mass is 9.82. The maximum Gasteiger partial charge on any atom is 0.143 e. The number of rotatable bonds is 6. The summed E-state index contributed by atoms with van der Waals surface area (Å²) in [5, 5.41) is 30.5. The third kappa shape index (κ3) is 5.17. The molecule has 0 amide bonds. The zero-order valence-corrected chi connectivity index (χ0v) is 19.1. The second-order valence-electron chi connectivity index (χ2n) is 8.31. The van der Waals surface area contributed by atoms with Gasteiger partial charge >= 0.3 is 0 Å². The van der Waals surface area contributed by atoms with Crippen molar-refractivity contribution < 1.29 is 5.11 Å². The van der Waals surface area contributed by atoms with Gasteiger partial charge in [0.05, 0.1) is 11.7 Å². The zero-order chi connectivity index (χ0) is 23.2. The number of aliphatic hydroxyl groups is 1. The van der Waals surface area contributed by atoms with E-state index in [4.69, 9.17) is 5.73 Å². The SMILES string of the molecule is N#Cc1c(N)nc(SCc2cccnc2)c(C#N)c1-c1ccc(C[C@H]2CCCC[C@@H]2O)cc1. The number of hydrogen-bond donors (Lipinski definition) is 2. The fraction of sp³-hybridized carbons (Fsp3) is 0.308. The smallest absolute Gasteiger partial charge is 0.143 e. The third-order valence-electron chi connectivity index (χ3n) is 6.12. The molecule has 3 N–H and O–H groups in total. The first-order chi connectivity index (χ1) is 16.1. The molecule has 0 saturated heterocycles. The van der Waals surface area contributed by atoms with Gasteiger partial charge in [-0.25, -0.2) is 4.98 Å². The van der Waals surface area contributed by atoms with Crippen LogP contribution in [0.15, 0.2) is 53.8 Å². The normalized spacial score (nSPS) is 17.8. The van der Waals surface area contributed by atoms with Crippen molar-refractivity contribution in [3.05, 3.63) is 71.0 Å². The van der Waals surface area contributed by atoms with E-state index in [1.54, 1.807) is 12.4 Å². The van der Waals surface area contributed by atoms with Crippen LogP contribution in [0.25, 0.3) is 11.1 Å². The van der Waals surface area contributed by atoms with Gasteiger partial charge in [0.15, 0.2) is 0 Å². The van der Waals surface area contributed by atoms with Crippen molar-refractivity contribution in [2.75, 3.05) is 5.73 Å². The molecule has 3 aromatic rings. The number of nitrogens with two attached hydrogens (primary N) is 1. The van der Waals surface area contributed by atoms with Crippen LogP contribution in [0, 0.1) is 28.6 Å². The molecule has 2 atom stereocenters. The van der Waals surface area contributed by atoms with Crippen LogP contribution < -0.4 is 5.73 Å². The number of thioether (sulfide) groups is 1. The summed E-state index contributed by atoms with van der Waals surface area (Å²) in [6, 6.07) is 16.1. The van der Waals surface area contributed by atoms with Crippen molar-refractivity contribution in [2.45, 2.75) is 49.0 Å². The van der Waals surface area contributed by atoms with Crippen LogP contribution in [0.5, 0.6) is 0 Å². The van der Waals surface area contributed by atoms with Crippen molar-refractivity contribution in [1.82, 2.24) is 9.97 Å². The Labute approximate surface area is 198 Å². The first-order valence-electron chi connectivity index (χ1n) is 11.0. The molecule has 0 aliphatic heterocycles. The summed E-state index contributed by atoms with van der Waals surface area (Å²) in [5.41, 5.74) is 10.1. The Morgan fingerprint density at radius 1 is 1.03 bits per heavy atom. The molecule has 1 aromatic carbocycles. The highest BCUT2D eigenvalue weighted by atomic mass is 32.2. The minimum atomic E-state index is -0.242. The summed E-state index contributed by atoms with van der Waals surface area (Å²) >= 11 is 1.40. The van der Waals surface area contributed by atoms with Gasteiger partial charge in [0.1, 0.15) is 28.5 Å². The Kier molecular flexibility index (Phi) is 7.24. The molecule has 33 heavy (non-hydrogen) atoms. The molecule has 166 valence electrons. The number of pyridine rings is 2. The van der Waals surface area contributed by atoms with Gasteiger partial charge in [-0.2, -0.15) is 10.5 Å². The highest BCUT2D eigenvalue weighted by molar-refractivity contribution is 7.98. The zero-order valence-electron chi connectivity index (χ0n) is 18.2. The number of aliphatic hydroxyl groups excluding tert-OH is 1. The van der Waals surface area contributed by atoms with E-state index in [1.807, 2.05) is 36.4 Å². The van der Waals surface area contributed by atoms with Gasteiger partial charge in [-0.15, -0.1) is 11.8 Å². The number of nitriles is 2. The number of anilines is 1. The molecule has 4 rings (SSSR count). The first kappa shape index (κ1) is 22.8. The second kappa shape index (κ2) is 10.5. The van der Waals surface area contributed by atoms with Crippen molar-refractivity contribution in [2.24, 2.45) is 5.92 Å². The van der Waals surface area contributed by atoms with E-state index in [-0.39, 0.29) is 23.4 Å². The van der Waals surface area contributed by atoms with Crippen LogP contribution >= 0.6 is 11.8 Å². The number of nitrogens with zero attached hydrogens (tertiary/aromatic N) is 4. The molecule has 7 heteroatoms. The van der Waals surface area contributed by atoms with E-state index in [0.29, 0.717) is 21.9 Å². The molecule has 2 heterocycles. The monoisotopic (exact) mass is 455 g/mol. The van der Waals surface area contributed by atoms with Gasteiger partial charge < -0.3 is 10.8 Å². The van der Waals surface area contributed by atoms with Crippen LogP contribution in [-0.4, -0.2) is 21.2 Å². The van der Waals surface area contributed by atoms with Crippen molar-refractivity contribution in [3.8, 4) is 23.3 Å². The van der Waals surface area contributed by atoms with Crippen molar-refractivity contribution >= 4 is 17.6 Å². The van der Waals surface area contributed by atoms with Gasteiger partial charge in [-0.3, -0.25) is 4.98 Å². The Bertz CT molecular complexity index is 1200. The Morgan fingerprint density at radius 2 is 1.79 bits per heavy atom. The molecule has 0 spiro atoms. The predicted octanol–water partition coefficient (Wildman–Crippen LogP) is 4.86.